The van der Waals surface area contributed by atoms with Crippen LogP contribution in [0, 0.1) is 6.92 Å². The summed E-state index contributed by atoms with van der Waals surface area (Å²) in [6, 6.07) is 3.91. The summed E-state index contributed by atoms with van der Waals surface area (Å²) < 4.78 is 11.1. The summed E-state index contributed by atoms with van der Waals surface area (Å²) in [6.07, 6.45) is 3.00. The van der Waals surface area contributed by atoms with Crippen molar-refractivity contribution in [2.24, 2.45) is 5.73 Å². The van der Waals surface area contributed by atoms with Gasteiger partial charge in [-0.15, -0.1) is 0 Å². The predicted octanol–water partition coefficient (Wildman–Crippen LogP) is 2.09. The van der Waals surface area contributed by atoms with Gasteiger partial charge in [0.05, 0.1) is 12.3 Å². The lowest BCUT2D eigenvalue weighted by Gasteiger charge is -2.11. The van der Waals surface area contributed by atoms with Crippen molar-refractivity contribution in [2.75, 3.05) is 26.4 Å². The molecule has 0 aliphatic heterocycles. The molecular weight excluding hydrogens is 228 g/mol. The first kappa shape index (κ1) is 14.9. The lowest BCUT2D eigenvalue weighted by Crippen LogP contribution is -2.11. The van der Waals surface area contributed by atoms with Crippen molar-refractivity contribution in [3.8, 4) is 5.75 Å². The zero-order valence-electron chi connectivity index (χ0n) is 11.4. The van der Waals surface area contributed by atoms with Crippen molar-refractivity contribution in [3.05, 3.63) is 23.5 Å². The minimum atomic E-state index is 0.562. The van der Waals surface area contributed by atoms with Gasteiger partial charge in [0, 0.05) is 18.7 Å². The van der Waals surface area contributed by atoms with Crippen molar-refractivity contribution in [1.82, 2.24) is 4.98 Å². The van der Waals surface area contributed by atoms with E-state index in [0.29, 0.717) is 19.8 Å². The second-order valence-corrected chi connectivity index (χ2v) is 4.25. The van der Waals surface area contributed by atoms with E-state index in [9.17, 15) is 0 Å². The normalized spacial score (nSPS) is 10.6. The number of nitrogens with zero attached hydrogens (tertiary/aromatic N) is 1. The van der Waals surface area contributed by atoms with Gasteiger partial charge >= 0.3 is 0 Å². The smallest absolute Gasteiger partial charge is 0.140 e. The van der Waals surface area contributed by atoms with Crippen LogP contribution in [-0.2, 0) is 11.2 Å². The fourth-order valence-electron chi connectivity index (χ4n) is 1.60. The number of hydrogen-bond donors (Lipinski definition) is 1. The molecular formula is C14H24N2O2. The molecule has 1 aromatic rings. The number of nitrogens with two attached hydrogens (primary N) is 1. The average Bonchev–Trinajstić information content (AvgIpc) is 2.36. The Morgan fingerprint density at radius 2 is 2.06 bits per heavy atom. The highest BCUT2D eigenvalue weighted by atomic mass is 16.5. The van der Waals surface area contributed by atoms with Crippen molar-refractivity contribution < 1.29 is 9.47 Å². The first-order valence-corrected chi connectivity index (χ1v) is 6.65. The highest BCUT2D eigenvalue weighted by Crippen LogP contribution is 2.17. The van der Waals surface area contributed by atoms with Crippen LogP contribution in [0.25, 0.3) is 0 Å². The van der Waals surface area contributed by atoms with E-state index in [2.05, 4.69) is 11.9 Å². The molecule has 4 nitrogen and oxygen atoms in total. The van der Waals surface area contributed by atoms with Gasteiger partial charge in [-0.25, -0.2) is 0 Å². The van der Waals surface area contributed by atoms with Crippen molar-refractivity contribution in [1.29, 1.82) is 0 Å². The molecule has 102 valence electrons. The maximum Gasteiger partial charge on any atom is 0.140 e. The van der Waals surface area contributed by atoms with E-state index in [1.54, 1.807) is 0 Å². The molecule has 0 unspecified atom stereocenters. The molecule has 0 aliphatic carbocycles. The molecule has 0 fully saturated rings. The molecule has 1 aromatic heterocycles. The predicted molar refractivity (Wildman–Crippen MR) is 73.0 cm³/mol. The van der Waals surface area contributed by atoms with Crippen LogP contribution in [0.4, 0.5) is 0 Å². The fraction of sp³-hybridized carbons (Fsp3) is 0.643. The van der Waals surface area contributed by atoms with Gasteiger partial charge in [0.25, 0.3) is 0 Å². The van der Waals surface area contributed by atoms with Crippen molar-refractivity contribution in [3.63, 3.8) is 0 Å². The minimum absolute atomic E-state index is 0.562. The van der Waals surface area contributed by atoms with E-state index < -0.39 is 0 Å². The van der Waals surface area contributed by atoms with Crippen LogP contribution in [-0.4, -0.2) is 31.3 Å². The molecule has 0 aliphatic rings. The third-order valence-electron chi connectivity index (χ3n) is 2.58. The van der Waals surface area contributed by atoms with Gasteiger partial charge in [0.15, 0.2) is 0 Å². The molecule has 0 atom stereocenters. The van der Waals surface area contributed by atoms with Gasteiger partial charge in [-0.05, 0) is 32.0 Å². The van der Waals surface area contributed by atoms with E-state index in [0.717, 1.165) is 43.0 Å². The zero-order valence-corrected chi connectivity index (χ0v) is 11.4. The molecule has 2 N–H and O–H groups in total. The largest absolute Gasteiger partial charge is 0.489 e. The maximum absolute atomic E-state index is 5.68. The molecule has 0 saturated heterocycles. The quantitative estimate of drug-likeness (QED) is 0.684. The highest BCUT2D eigenvalue weighted by Gasteiger charge is 2.05. The van der Waals surface area contributed by atoms with E-state index in [1.807, 2.05) is 19.1 Å². The molecule has 0 amide bonds. The standard InChI is InChI=1S/C14H24N2O2/c1-3-4-9-17-10-11-18-14-6-5-12(2)16-13(14)7-8-15/h5-6H,3-4,7-11,15H2,1-2H3. The fourth-order valence-corrected chi connectivity index (χ4v) is 1.60. The van der Waals surface area contributed by atoms with Gasteiger partial charge < -0.3 is 15.2 Å². The lowest BCUT2D eigenvalue weighted by molar-refractivity contribution is 0.0976. The van der Waals surface area contributed by atoms with Crippen LogP contribution in [0.1, 0.15) is 31.2 Å². The Balaban J connectivity index is 2.36. The Bertz CT molecular complexity index is 343. The molecule has 4 heteroatoms. The zero-order chi connectivity index (χ0) is 13.2. The Hall–Kier alpha value is -1.13. The Kier molecular flexibility index (Phi) is 7.37. The summed E-state index contributed by atoms with van der Waals surface area (Å²) in [5, 5.41) is 0. The monoisotopic (exact) mass is 252 g/mol. The van der Waals surface area contributed by atoms with Crippen LogP contribution in [0.2, 0.25) is 0 Å². The van der Waals surface area contributed by atoms with Crippen LogP contribution in [0.15, 0.2) is 12.1 Å². The topological polar surface area (TPSA) is 57.4 Å². The number of aromatic nitrogens is 1. The lowest BCUT2D eigenvalue weighted by atomic mass is 10.2. The minimum Gasteiger partial charge on any atom is -0.489 e. The first-order chi connectivity index (χ1) is 8.77. The van der Waals surface area contributed by atoms with Crippen LogP contribution >= 0.6 is 0 Å². The highest BCUT2D eigenvalue weighted by molar-refractivity contribution is 5.29. The van der Waals surface area contributed by atoms with Gasteiger partial charge in [-0.3, -0.25) is 4.98 Å². The Labute approximate surface area is 110 Å². The third kappa shape index (κ3) is 5.47. The Morgan fingerprint density at radius 1 is 1.22 bits per heavy atom. The van der Waals surface area contributed by atoms with Crippen LogP contribution < -0.4 is 10.5 Å². The number of ether oxygens (including phenoxy) is 2. The van der Waals surface area contributed by atoms with E-state index in [4.69, 9.17) is 15.2 Å². The summed E-state index contributed by atoms with van der Waals surface area (Å²) in [7, 11) is 0. The van der Waals surface area contributed by atoms with Gasteiger partial charge in [-0.2, -0.15) is 0 Å². The average molecular weight is 252 g/mol. The molecule has 0 radical (unpaired) electrons. The van der Waals surface area contributed by atoms with Crippen molar-refractivity contribution >= 4 is 0 Å². The molecule has 0 aromatic carbocycles. The SMILES string of the molecule is CCCCOCCOc1ccc(C)nc1CCN. The molecule has 1 heterocycles. The number of hydrogen-bond acceptors (Lipinski definition) is 4. The van der Waals surface area contributed by atoms with Crippen molar-refractivity contribution in [2.45, 2.75) is 33.1 Å². The van der Waals surface area contributed by atoms with Crippen LogP contribution in [0.3, 0.4) is 0 Å². The summed E-state index contributed by atoms with van der Waals surface area (Å²) in [5.74, 6) is 0.824. The molecule has 1 rings (SSSR count). The van der Waals surface area contributed by atoms with Gasteiger partial charge in [0.2, 0.25) is 0 Å². The maximum atomic E-state index is 5.68. The van der Waals surface area contributed by atoms with E-state index >= 15 is 0 Å². The summed E-state index contributed by atoms with van der Waals surface area (Å²) in [5.41, 5.74) is 7.50. The second kappa shape index (κ2) is 8.89. The molecule has 18 heavy (non-hydrogen) atoms. The summed E-state index contributed by atoms with van der Waals surface area (Å²) >= 11 is 0. The number of unbranched alkanes of at least 4 members (excludes halogenated alkanes) is 1. The Morgan fingerprint density at radius 3 is 2.78 bits per heavy atom. The molecule has 0 bridgehead atoms. The number of aryl methyl sites for hydroxylation is 1. The third-order valence-corrected chi connectivity index (χ3v) is 2.58. The van der Waals surface area contributed by atoms with Crippen LogP contribution in [0.5, 0.6) is 5.75 Å². The number of pyridine rings is 1. The summed E-state index contributed by atoms with van der Waals surface area (Å²) in [4.78, 5) is 4.45. The van der Waals surface area contributed by atoms with Gasteiger partial charge in [0.1, 0.15) is 12.4 Å². The number of rotatable bonds is 9. The van der Waals surface area contributed by atoms with Gasteiger partial charge in [-0.1, -0.05) is 13.3 Å². The second-order valence-electron chi connectivity index (χ2n) is 4.25. The molecule has 0 saturated carbocycles. The summed E-state index contributed by atoms with van der Waals surface area (Å²) in [6.45, 7) is 6.69. The van der Waals surface area contributed by atoms with E-state index in [1.165, 1.54) is 0 Å². The van der Waals surface area contributed by atoms with E-state index in [-0.39, 0.29) is 0 Å². The first-order valence-electron chi connectivity index (χ1n) is 6.65. The molecule has 0 spiro atoms.